The van der Waals surface area contributed by atoms with E-state index in [0.717, 1.165) is 36.5 Å². The van der Waals surface area contributed by atoms with Crippen molar-refractivity contribution in [1.82, 2.24) is 14.6 Å². The molecule has 1 atom stereocenters. The van der Waals surface area contributed by atoms with Crippen LogP contribution >= 0.6 is 23.5 Å². The summed E-state index contributed by atoms with van der Waals surface area (Å²) in [4.78, 5) is 6.93. The van der Waals surface area contributed by atoms with Gasteiger partial charge in [0.1, 0.15) is 11.0 Å². The van der Waals surface area contributed by atoms with Gasteiger partial charge in [-0.25, -0.2) is 9.29 Å². The predicted molar refractivity (Wildman–Crippen MR) is 164 cm³/mol. The second kappa shape index (κ2) is 14.4. The fraction of sp³-hybridized carbons (Fsp3) is 0.367. The number of halogens is 4. The summed E-state index contributed by atoms with van der Waals surface area (Å²) in [6, 6.07) is 16.6. The first-order valence-corrected chi connectivity index (χ1v) is 14.8. The van der Waals surface area contributed by atoms with Crippen molar-refractivity contribution in [2.45, 2.75) is 36.4 Å². The Bertz CT molecular complexity index is 1300. The number of aryl methyl sites for hydroxylation is 1. The molecule has 41 heavy (non-hydrogen) atoms. The number of nitrogens with two attached hydrogens (primary N) is 2. The van der Waals surface area contributed by atoms with Crippen molar-refractivity contribution < 1.29 is 13.2 Å². The van der Waals surface area contributed by atoms with Gasteiger partial charge >= 0.3 is 6.18 Å². The minimum Gasteiger partial charge on any atom is -0.399 e. The van der Waals surface area contributed by atoms with Crippen LogP contribution in [0.25, 0.3) is 6.08 Å². The Morgan fingerprint density at radius 1 is 1.07 bits per heavy atom. The van der Waals surface area contributed by atoms with Gasteiger partial charge in [0.15, 0.2) is 0 Å². The Hall–Kier alpha value is -2.76. The number of hydrogen-bond acceptors (Lipinski definition) is 7. The highest BCUT2D eigenvalue weighted by atomic mass is 35.5. The maximum atomic E-state index is 12.9. The van der Waals surface area contributed by atoms with Crippen molar-refractivity contribution in [3.63, 3.8) is 0 Å². The molecule has 3 aromatic rings. The van der Waals surface area contributed by atoms with Crippen LogP contribution < -0.4 is 21.7 Å². The Kier molecular flexibility index (Phi) is 11.0. The zero-order valence-electron chi connectivity index (χ0n) is 22.8. The van der Waals surface area contributed by atoms with Gasteiger partial charge in [-0.05, 0) is 103 Å². The number of rotatable bonds is 8. The van der Waals surface area contributed by atoms with E-state index in [1.807, 2.05) is 35.2 Å². The van der Waals surface area contributed by atoms with E-state index in [-0.39, 0.29) is 11.0 Å². The molecule has 1 unspecified atom stereocenters. The second-order valence-electron chi connectivity index (χ2n) is 9.96. The Morgan fingerprint density at radius 2 is 1.80 bits per heavy atom. The summed E-state index contributed by atoms with van der Waals surface area (Å²) < 4.78 is 40.9. The van der Waals surface area contributed by atoms with Gasteiger partial charge in [-0.1, -0.05) is 36.4 Å². The number of hydrogen-bond donors (Lipinski definition) is 3. The van der Waals surface area contributed by atoms with Crippen LogP contribution in [-0.4, -0.2) is 48.6 Å². The molecule has 2 heterocycles. The number of nitrogen functional groups attached to an aromatic ring is 1. The van der Waals surface area contributed by atoms with Gasteiger partial charge in [0.05, 0.1) is 5.56 Å². The fourth-order valence-corrected chi connectivity index (χ4v) is 5.94. The molecule has 11 heteroatoms. The number of piperazine rings is 1. The van der Waals surface area contributed by atoms with Gasteiger partial charge in [0.2, 0.25) is 0 Å². The molecule has 2 aromatic carbocycles. The first-order valence-electron chi connectivity index (χ1n) is 13.6. The lowest BCUT2D eigenvalue weighted by molar-refractivity contribution is -0.137. The summed E-state index contributed by atoms with van der Waals surface area (Å²) in [7, 11) is 0. The van der Waals surface area contributed by atoms with Crippen LogP contribution in [0.2, 0.25) is 5.15 Å². The normalized spacial score (nSPS) is 17.1. The zero-order chi connectivity index (χ0) is 29.4. The fourth-order valence-electron chi connectivity index (χ4n) is 4.83. The summed E-state index contributed by atoms with van der Waals surface area (Å²) in [5.74, 6) is 0.261. The molecule has 0 saturated carbocycles. The molecule has 1 fully saturated rings. The summed E-state index contributed by atoms with van der Waals surface area (Å²) in [5, 5.41) is 3.43. The number of nitrogens with zero attached hydrogens (tertiary/aromatic N) is 3. The first-order chi connectivity index (χ1) is 19.7. The summed E-state index contributed by atoms with van der Waals surface area (Å²) in [6.45, 7) is 8.15. The summed E-state index contributed by atoms with van der Waals surface area (Å²) in [6.07, 6.45) is 0.921. The van der Waals surface area contributed by atoms with E-state index in [0.29, 0.717) is 37.9 Å². The van der Waals surface area contributed by atoms with Crippen LogP contribution in [0.3, 0.4) is 0 Å². The van der Waals surface area contributed by atoms with Gasteiger partial charge in [-0.3, -0.25) is 0 Å². The monoisotopic (exact) mass is 604 g/mol. The van der Waals surface area contributed by atoms with E-state index in [9.17, 15) is 13.2 Å². The molecule has 5 N–H and O–H groups in total. The number of benzene rings is 2. The Morgan fingerprint density at radius 3 is 2.46 bits per heavy atom. The van der Waals surface area contributed by atoms with Gasteiger partial charge in [0, 0.05) is 42.8 Å². The first kappa shape index (κ1) is 31.2. The smallest absolute Gasteiger partial charge is 0.399 e. The number of fused-ring (bicyclic) bond motifs is 1. The van der Waals surface area contributed by atoms with Gasteiger partial charge < -0.3 is 21.7 Å². The highest BCUT2D eigenvalue weighted by molar-refractivity contribution is 7.97. The van der Waals surface area contributed by atoms with E-state index in [2.05, 4.69) is 39.4 Å². The molecule has 0 amide bonds. The van der Waals surface area contributed by atoms with Crippen LogP contribution in [0.1, 0.15) is 41.1 Å². The van der Waals surface area contributed by atoms with Gasteiger partial charge in [-0.2, -0.15) is 13.2 Å². The van der Waals surface area contributed by atoms with E-state index in [4.69, 9.17) is 23.1 Å². The van der Waals surface area contributed by atoms with Crippen LogP contribution in [0.15, 0.2) is 66.1 Å². The molecule has 220 valence electrons. The average Bonchev–Trinajstić information content (AvgIpc) is 3.36. The quantitative estimate of drug-likeness (QED) is 0.118. The second-order valence-corrected chi connectivity index (χ2v) is 11.5. The minimum absolute atomic E-state index is 0.150. The SMILES string of the molecule is C=Cc1ccc2c(c1)C(NCCCN)CC2.Nc1ccc(SN2CCN(c3cc(C(F)(F)F)cc(Cl)n3)CC2)cc1. The van der Waals surface area contributed by atoms with E-state index in [1.165, 1.54) is 29.5 Å². The third-order valence-corrected chi connectivity index (χ3v) is 8.34. The number of anilines is 2. The number of nitrogens with one attached hydrogen (secondary N) is 1. The van der Waals surface area contributed by atoms with Crippen molar-refractivity contribution in [1.29, 1.82) is 0 Å². The predicted octanol–water partition coefficient (Wildman–Crippen LogP) is 6.42. The number of aromatic nitrogens is 1. The van der Waals surface area contributed by atoms with E-state index in [1.54, 1.807) is 11.9 Å². The molecular weight excluding hydrogens is 569 g/mol. The standard InChI is InChI=1S/C16H16ClF3N4S.C14H20N2/c17-14-9-11(16(18,19)20)10-15(22-14)23-5-7-24(8-6-23)25-13-3-1-12(21)2-4-13;1-2-11-4-5-12-6-7-14(13(12)10-11)16-9-3-8-15/h1-4,9-10H,5-8,21H2;2,4-5,10,14,16H,1,3,6-9,15H2. The third kappa shape index (κ3) is 8.86. The molecule has 1 aromatic heterocycles. The van der Waals surface area contributed by atoms with E-state index < -0.39 is 11.7 Å². The summed E-state index contributed by atoms with van der Waals surface area (Å²) >= 11 is 7.37. The van der Waals surface area contributed by atoms with Crippen molar-refractivity contribution in [3.05, 3.63) is 88.6 Å². The molecular formula is C30H36ClF3N6S. The topological polar surface area (TPSA) is 83.4 Å². The molecule has 1 aliphatic heterocycles. The molecule has 2 aliphatic rings. The third-order valence-electron chi connectivity index (χ3n) is 7.04. The lowest BCUT2D eigenvalue weighted by Crippen LogP contribution is -2.43. The van der Waals surface area contributed by atoms with Gasteiger partial charge in [-0.15, -0.1) is 0 Å². The van der Waals surface area contributed by atoms with Crippen LogP contribution in [0.4, 0.5) is 24.7 Å². The molecule has 1 saturated heterocycles. The molecule has 6 nitrogen and oxygen atoms in total. The average molecular weight is 605 g/mol. The number of alkyl halides is 3. The highest BCUT2D eigenvalue weighted by Crippen LogP contribution is 2.34. The van der Waals surface area contributed by atoms with Crippen molar-refractivity contribution in [2.75, 3.05) is 49.9 Å². The van der Waals surface area contributed by atoms with Crippen molar-refractivity contribution in [3.8, 4) is 0 Å². The Balaban J connectivity index is 0.000000208. The zero-order valence-corrected chi connectivity index (χ0v) is 24.4. The molecule has 0 radical (unpaired) electrons. The molecule has 1 aliphatic carbocycles. The largest absolute Gasteiger partial charge is 0.416 e. The minimum atomic E-state index is -4.44. The van der Waals surface area contributed by atoms with Crippen LogP contribution in [-0.2, 0) is 12.6 Å². The molecule has 0 bridgehead atoms. The lowest BCUT2D eigenvalue weighted by atomic mass is 10.0. The van der Waals surface area contributed by atoms with E-state index >= 15 is 0 Å². The lowest BCUT2D eigenvalue weighted by Gasteiger charge is -2.34. The van der Waals surface area contributed by atoms with Gasteiger partial charge in [0.25, 0.3) is 0 Å². The molecule has 0 spiro atoms. The van der Waals surface area contributed by atoms with Crippen molar-refractivity contribution in [2.24, 2.45) is 5.73 Å². The maximum absolute atomic E-state index is 12.9. The van der Waals surface area contributed by atoms with Crippen molar-refractivity contribution >= 4 is 41.1 Å². The number of pyridine rings is 1. The Labute approximate surface area is 249 Å². The van der Waals surface area contributed by atoms with Crippen LogP contribution in [0.5, 0.6) is 0 Å². The van der Waals surface area contributed by atoms with Crippen LogP contribution in [0, 0.1) is 0 Å². The maximum Gasteiger partial charge on any atom is 0.416 e. The molecule has 5 rings (SSSR count). The highest BCUT2D eigenvalue weighted by Gasteiger charge is 2.32. The summed E-state index contributed by atoms with van der Waals surface area (Å²) in [5.41, 5.74) is 15.3.